The van der Waals surface area contributed by atoms with Gasteiger partial charge in [0.15, 0.2) is 5.11 Å². The highest BCUT2D eigenvalue weighted by Gasteiger charge is 2.35. The molecule has 1 amide bonds. The minimum Gasteiger partial charge on any atom is -0.355 e. The summed E-state index contributed by atoms with van der Waals surface area (Å²) in [6, 6.07) is 9.57. The number of rotatable bonds is 3. The van der Waals surface area contributed by atoms with Crippen molar-refractivity contribution in [1.29, 1.82) is 0 Å². The van der Waals surface area contributed by atoms with Crippen LogP contribution in [0.1, 0.15) is 32.6 Å². The summed E-state index contributed by atoms with van der Waals surface area (Å²) in [6.07, 6.45) is 4.76. The van der Waals surface area contributed by atoms with Gasteiger partial charge in [0, 0.05) is 11.4 Å². The van der Waals surface area contributed by atoms with Gasteiger partial charge in [0.25, 0.3) is 5.91 Å². The van der Waals surface area contributed by atoms with Gasteiger partial charge in [-0.1, -0.05) is 31.0 Å². The molecule has 1 aromatic carbocycles. The summed E-state index contributed by atoms with van der Waals surface area (Å²) in [6.45, 7) is 1.93. The number of hydrogen-bond donors (Lipinski definition) is 3. The minimum atomic E-state index is -0.0527. The molecule has 0 spiro atoms. The molecule has 0 aromatic heterocycles. The molecule has 0 radical (unpaired) electrons. The number of amides is 1. The third-order valence-corrected chi connectivity index (χ3v) is 4.67. The molecule has 116 valence electrons. The van der Waals surface area contributed by atoms with Crippen LogP contribution in [0.4, 0.5) is 5.69 Å². The van der Waals surface area contributed by atoms with E-state index >= 15 is 0 Å². The van der Waals surface area contributed by atoms with Crippen molar-refractivity contribution in [3.05, 3.63) is 41.6 Å². The Kier molecular flexibility index (Phi) is 4.43. The molecule has 22 heavy (non-hydrogen) atoms. The maximum absolute atomic E-state index is 12.8. The first-order valence-electron chi connectivity index (χ1n) is 7.80. The second kappa shape index (κ2) is 6.48. The Morgan fingerprint density at radius 1 is 1.23 bits per heavy atom. The summed E-state index contributed by atoms with van der Waals surface area (Å²) < 4.78 is 0. The van der Waals surface area contributed by atoms with Crippen molar-refractivity contribution in [3.8, 4) is 0 Å². The Balaban J connectivity index is 1.85. The first-order valence-corrected chi connectivity index (χ1v) is 8.20. The molecular weight excluding hydrogens is 294 g/mol. The molecule has 1 heterocycles. The summed E-state index contributed by atoms with van der Waals surface area (Å²) in [5.41, 5.74) is 2.45. The Hall–Kier alpha value is -1.88. The zero-order valence-electron chi connectivity index (χ0n) is 12.7. The maximum Gasteiger partial charge on any atom is 0.255 e. The number of allylic oxidation sites excluding steroid dienone is 1. The SMILES string of the molecule is CC1=C(C(=O)Nc2ccccc2)C(C2CCCC2)NC(=S)N1. The van der Waals surface area contributed by atoms with Crippen molar-refractivity contribution in [2.24, 2.45) is 5.92 Å². The van der Waals surface area contributed by atoms with Crippen LogP contribution in [0.15, 0.2) is 41.6 Å². The first kappa shape index (κ1) is 15.0. The Morgan fingerprint density at radius 3 is 2.59 bits per heavy atom. The highest BCUT2D eigenvalue weighted by molar-refractivity contribution is 7.80. The number of carbonyl (C=O) groups excluding carboxylic acids is 1. The Labute approximate surface area is 136 Å². The van der Waals surface area contributed by atoms with E-state index < -0.39 is 0 Å². The van der Waals surface area contributed by atoms with Gasteiger partial charge in [-0.2, -0.15) is 0 Å². The van der Waals surface area contributed by atoms with Crippen LogP contribution in [0, 0.1) is 5.92 Å². The van der Waals surface area contributed by atoms with Crippen molar-refractivity contribution in [2.45, 2.75) is 38.6 Å². The molecule has 1 unspecified atom stereocenters. The van der Waals surface area contributed by atoms with E-state index in [0.717, 1.165) is 29.8 Å². The number of nitrogens with one attached hydrogen (secondary N) is 3. The second-order valence-electron chi connectivity index (χ2n) is 5.98. The smallest absolute Gasteiger partial charge is 0.255 e. The lowest BCUT2D eigenvalue weighted by molar-refractivity contribution is -0.113. The summed E-state index contributed by atoms with van der Waals surface area (Å²) in [4.78, 5) is 12.8. The molecule has 0 saturated heterocycles. The molecule has 3 rings (SSSR count). The van der Waals surface area contributed by atoms with Crippen molar-refractivity contribution in [2.75, 3.05) is 5.32 Å². The molecule has 1 aliphatic heterocycles. The van der Waals surface area contributed by atoms with Gasteiger partial charge in [-0.05, 0) is 50.0 Å². The lowest BCUT2D eigenvalue weighted by Gasteiger charge is -2.33. The van der Waals surface area contributed by atoms with Crippen molar-refractivity contribution in [1.82, 2.24) is 10.6 Å². The number of hydrogen-bond acceptors (Lipinski definition) is 2. The van der Waals surface area contributed by atoms with Gasteiger partial charge in [0.1, 0.15) is 0 Å². The fraction of sp³-hybridized carbons (Fsp3) is 0.412. The lowest BCUT2D eigenvalue weighted by Crippen LogP contribution is -2.53. The van der Waals surface area contributed by atoms with Gasteiger partial charge in [-0.3, -0.25) is 4.79 Å². The zero-order valence-corrected chi connectivity index (χ0v) is 13.5. The molecule has 1 aliphatic carbocycles. The van der Waals surface area contributed by atoms with Gasteiger partial charge in [-0.15, -0.1) is 0 Å². The fourth-order valence-electron chi connectivity index (χ4n) is 3.40. The predicted molar refractivity (Wildman–Crippen MR) is 92.4 cm³/mol. The molecule has 4 nitrogen and oxygen atoms in total. The van der Waals surface area contributed by atoms with Crippen LogP contribution >= 0.6 is 12.2 Å². The van der Waals surface area contributed by atoms with Crippen LogP contribution in [0.3, 0.4) is 0 Å². The largest absolute Gasteiger partial charge is 0.355 e. The van der Waals surface area contributed by atoms with Crippen LogP contribution in [0.5, 0.6) is 0 Å². The molecule has 1 saturated carbocycles. The van der Waals surface area contributed by atoms with E-state index in [1.54, 1.807) is 0 Å². The lowest BCUT2D eigenvalue weighted by atomic mass is 9.88. The topological polar surface area (TPSA) is 53.2 Å². The Bertz CT molecular complexity index is 606. The number of anilines is 1. The van der Waals surface area contributed by atoms with Crippen molar-refractivity contribution in [3.63, 3.8) is 0 Å². The highest BCUT2D eigenvalue weighted by atomic mass is 32.1. The number of para-hydroxylation sites is 1. The first-order chi connectivity index (χ1) is 10.6. The predicted octanol–water partition coefficient (Wildman–Crippen LogP) is 2.94. The van der Waals surface area contributed by atoms with Gasteiger partial charge in [0.2, 0.25) is 0 Å². The standard InChI is InChI=1S/C17H21N3OS/c1-11-14(16(21)19-13-9-3-2-4-10-13)15(20-17(22)18-11)12-7-5-6-8-12/h2-4,9-10,12,15H,5-8H2,1H3,(H,19,21)(H2,18,20,22). The van der Waals surface area contributed by atoms with E-state index in [1.807, 2.05) is 37.3 Å². The van der Waals surface area contributed by atoms with E-state index in [0.29, 0.717) is 11.0 Å². The van der Waals surface area contributed by atoms with Gasteiger partial charge in [-0.25, -0.2) is 0 Å². The quantitative estimate of drug-likeness (QED) is 0.751. The van der Waals surface area contributed by atoms with Crippen LogP contribution in [-0.2, 0) is 4.79 Å². The normalized spacial score (nSPS) is 22.2. The molecule has 5 heteroatoms. The molecule has 3 N–H and O–H groups in total. The number of carbonyl (C=O) groups is 1. The third-order valence-electron chi connectivity index (χ3n) is 4.45. The average molecular weight is 315 g/mol. The van der Waals surface area contributed by atoms with E-state index in [9.17, 15) is 4.79 Å². The number of thiocarbonyl (C=S) groups is 1. The average Bonchev–Trinajstić information content (AvgIpc) is 3.01. The molecule has 2 aliphatic rings. The van der Waals surface area contributed by atoms with Gasteiger partial charge >= 0.3 is 0 Å². The summed E-state index contributed by atoms with van der Waals surface area (Å²) in [7, 11) is 0. The summed E-state index contributed by atoms with van der Waals surface area (Å²) in [5, 5.41) is 10.0. The third kappa shape index (κ3) is 3.14. The van der Waals surface area contributed by atoms with Crippen molar-refractivity contribution < 1.29 is 4.79 Å². The Morgan fingerprint density at radius 2 is 1.91 bits per heavy atom. The van der Waals surface area contributed by atoms with E-state index in [2.05, 4.69) is 16.0 Å². The van der Waals surface area contributed by atoms with E-state index in [4.69, 9.17) is 12.2 Å². The van der Waals surface area contributed by atoms with Gasteiger partial charge in [0.05, 0.1) is 11.6 Å². The fourth-order valence-corrected chi connectivity index (χ4v) is 3.68. The maximum atomic E-state index is 12.8. The summed E-state index contributed by atoms with van der Waals surface area (Å²) in [5.74, 6) is 0.426. The molecule has 1 aromatic rings. The minimum absolute atomic E-state index is 0.0139. The van der Waals surface area contributed by atoms with Crippen LogP contribution in [0.2, 0.25) is 0 Å². The second-order valence-corrected chi connectivity index (χ2v) is 6.39. The van der Waals surface area contributed by atoms with E-state index in [-0.39, 0.29) is 11.9 Å². The van der Waals surface area contributed by atoms with Crippen LogP contribution in [0.25, 0.3) is 0 Å². The molecule has 1 fully saturated rings. The highest BCUT2D eigenvalue weighted by Crippen LogP contribution is 2.33. The zero-order chi connectivity index (χ0) is 15.5. The van der Waals surface area contributed by atoms with Crippen LogP contribution < -0.4 is 16.0 Å². The van der Waals surface area contributed by atoms with Gasteiger partial charge < -0.3 is 16.0 Å². The van der Waals surface area contributed by atoms with Crippen LogP contribution in [-0.4, -0.2) is 17.1 Å². The molecule has 1 atom stereocenters. The van der Waals surface area contributed by atoms with Crippen molar-refractivity contribution >= 4 is 28.9 Å². The number of benzene rings is 1. The van der Waals surface area contributed by atoms with E-state index in [1.165, 1.54) is 12.8 Å². The molecular formula is C17H21N3OS. The monoisotopic (exact) mass is 315 g/mol. The molecule has 0 bridgehead atoms. The summed E-state index contributed by atoms with van der Waals surface area (Å²) >= 11 is 5.28.